The normalized spacial score (nSPS) is 10.6. The average molecular weight is 296 g/mol. The summed E-state index contributed by atoms with van der Waals surface area (Å²) in [6.07, 6.45) is 0. The summed E-state index contributed by atoms with van der Waals surface area (Å²) < 4.78 is 16.1. The van der Waals surface area contributed by atoms with Crippen LogP contribution in [0.2, 0.25) is 0 Å². The van der Waals surface area contributed by atoms with Gasteiger partial charge in [-0.1, -0.05) is 29.8 Å². The van der Waals surface area contributed by atoms with Crippen LogP contribution in [0.3, 0.4) is 0 Å². The molecule has 0 N–H and O–H groups in total. The molecule has 0 bridgehead atoms. The molecule has 3 rings (SSSR count). The van der Waals surface area contributed by atoms with E-state index in [2.05, 4.69) is 0 Å². The van der Waals surface area contributed by atoms with Gasteiger partial charge in [-0.25, -0.2) is 4.79 Å². The molecule has 0 aliphatic heterocycles. The van der Waals surface area contributed by atoms with Crippen LogP contribution in [0, 0.1) is 6.92 Å². The van der Waals surface area contributed by atoms with Crippen molar-refractivity contribution in [3.63, 3.8) is 0 Å². The predicted molar refractivity (Wildman–Crippen MR) is 83.1 cm³/mol. The Morgan fingerprint density at radius 1 is 1.14 bits per heavy atom. The molecule has 0 atom stereocenters. The predicted octanol–water partition coefficient (Wildman–Crippen LogP) is 4.11. The van der Waals surface area contributed by atoms with Crippen molar-refractivity contribution in [2.45, 2.75) is 13.5 Å². The van der Waals surface area contributed by atoms with Crippen molar-refractivity contribution >= 4 is 16.9 Å². The number of ether oxygens (including phenoxy) is 2. The third-order valence-electron chi connectivity index (χ3n) is 3.42. The summed E-state index contributed by atoms with van der Waals surface area (Å²) in [6, 6.07) is 14.9. The molecule has 112 valence electrons. The summed E-state index contributed by atoms with van der Waals surface area (Å²) >= 11 is 0. The Hall–Kier alpha value is -2.75. The van der Waals surface area contributed by atoms with Crippen molar-refractivity contribution in [3.05, 3.63) is 65.4 Å². The lowest BCUT2D eigenvalue weighted by Gasteiger charge is -2.09. The molecule has 22 heavy (non-hydrogen) atoms. The van der Waals surface area contributed by atoms with E-state index >= 15 is 0 Å². The van der Waals surface area contributed by atoms with Crippen molar-refractivity contribution in [2.24, 2.45) is 0 Å². The third-order valence-corrected chi connectivity index (χ3v) is 3.42. The second-order valence-electron chi connectivity index (χ2n) is 5.04. The molecule has 0 spiro atoms. The fourth-order valence-corrected chi connectivity index (χ4v) is 2.32. The van der Waals surface area contributed by atoms with Crippen molar-refractivity contribution < 1.29 is 18.7 Å². The highest BCUT2D eigenvalue weighted by Crippen LogP contribution is 2.23. The number of fused-ring (bicyclic) bond motifs is 1. The van der Waals surface area contributed by atoms with E-state index in [0.717, 1.165) is 16.5 Å². The largest absolute Gasteiger partial charge is 0.496 e. The van der Waals surface area contributed by atoms with Gasteiger partial charge in [0, 0.05) is 10.9 Å². The van der Waals surface area contributed by atoms with E-state index in [9.17, 15) is 4.79 Å². The molecule has 1 aromatic heterocycles. The topological polar surface area (TPSA) is 48.7 Å². The van der Waals surface area contributed by atoms with Crippen LogP contribution in [-0.4, -0.2) is 13.1 Å². The SMILES string of the molecule is COc1ccc(C)cc1COC(=O)c1cc2ccccc2o1. The molecule has 0 fully saturated rings. The molecule has 0 aliphatic rings. The van der Waals surface area contributed by atoms with E-state index in [1.54, 1.807) is 13.2 Å². The number of furan rings is 1. The van der Waals surface area contributed by atoms with Gasteiger partial charge in [-0.15, -0.1) is 0 Å². The van der Waals surface area contributed by atoms with Gasteiger partial charge >= 0.3 is 5.97 Å². The van der Waals surface area contributed by atoms with E-state index in [0.29, 0.717) is 11.3 Å². The molecule has 0 saturated carbocycles. The first kappa shape index (κ1) is 14.2. The number of methoxy groups -OCH3 is 1. The van der Waals surface area contributed by atoms with E-state index < -0.39 is 5.97 Å². The molecular formula is C18H16O4. The summed E-state index contributed by atoms with van der Waals surface area (Å²) in [5.74, 6) is 0.413. The van der Waals surface area contributed by atoms with Crippen molar-refractivity contribution in [3.8, 4) is 5.75 Å². The average Bonchev–Trinajstić information content (AvgIpc) is 2.97. The Morgan fingerprint density at radius 3 is 2.73 bits per heavy atom. The van der Waals surface area contributed by atoms with E-state index in [1.807, 2.05) is 49.4 Å². The Bertz CT molecular complexity index is 784. The fraction of sp³-hybridized carbons (Fsp3) is 0.167. The van der Waals surface area contributed by atoms with Gasteiger partial charge < -0.3 is 13.9 Å². The van der Waals surface area contributed by atoms with Gasteiger partial charge in [0.05, 0.1) is 7.11 Å². The highest BCUT2D eigenvalue weighted by molar-refractivity contribution is 5.92. The number of carbonyl (C=O) groups excluding carboxylic acids is 1. The first-order valence-electron chi connectivity index (χ1n) is 6.96. The highest BCUT2D eigenvalue weighted by atomic mass is 16.5. The summed E-state index contributed by atoms with van der Waals surface area (Å²) in [4.78, 5) is 12.1. The molecule has 0 aliphatic carbocycles. The van der Waals surface area contributed by atoms with Crippen LogP contribution >= 0.6 is 0 Å². The number of rotatable bonds is 4. The van der Waals surface area contributed by atoms with Crippen LogP contribution in [0.5, 0.6) is 5.75 Å². The summed E-state index contributed by atoms with van der Waals surface area (Å²) in [5.41, 5.74) is 2.57. The molecule has 4 nitrogen and oxygen atoms in total. The minimum Gasteiger partial charge on any atom is -0.496 e. The molecule has 4 heteroatoms. The second-order valence-corrected chi connectivity index (χ2v) is 5.04. The number of carbonyl (C=O) groups is 1. The van der Waals surface area contributed by atoms with Gasteiger partial charge in [-0.2, -0.15) is 0 Å². The van der Waals surface area contributed by atoms with E-state index in [-0.39, 0.29) is 12.4 Å². The van der Waals surface area contributed by atoms with Crippen molar-refractivity contribution in [2.75, 3.05) is 7.11 Å². The monoisotopic (exact) mass is 296 g/mol. The van der Waals surface area contributed by atoms with Gasteiger partial charge in [0.1, 0.15) is 17.9 Å². The zero-order valence-corrected chi connectivity index (χ0v) is 12.5. The number of aryl methyl sites for hydroxylation is 1. The molecular weight excluding hydrogens is 280 g/mol. The minimum atomic E-state index is -0.486. The molecule has 3 aromatic rings. The zero-order valence-electron chi connectivity index (χ0n) is 12.5. The van der Waals surface area contributed by atoms with Crippen LogP contribution in [0.15, 0.2) is 52.9 Å². The quantitative estimate of drug-likeness (QED) is 0.680. The highest BCUT2D eigenvalue weighted by Gasteiger charge is 2.14. The van der Waals surface area contributed by atoms with Crippen molar-refractivity contribution in [1.29, 1.82) is 0 Å². The fourth-order valence-electron chi connectivity index (χ4n) is 2.32. The summed E-state index contributed by atoms with van der Waals surface area (Å²) in [7, 11) is 1.59. The molecule has 2 aromatic carbocycles. The van der Waals surface area contributed by atoms with Gasteiger partial charge in [-0.3, -0.25) is 0 Å². The van der Waals surface area contributed by atoms with Crippen LogP contribution in [-0.2, 0) is 11.3 Å². The van der Waals surface area contributed by atoms with Crippen LogP contribution < -0.4 is 4.74 Å². The minimum absolute atomic E-state index is 0.140. The van der Waals surface area contributed by atoms with Crippen LogP contribution in [0.1, 0.15) is 21.7 Å². The Labute approximate surface area is 128 Å². The first-order chi connectivity index (χ1) is 10.7. The standard InChI is InChI=1S/C18H16O4/c1-12-7-8-15(20-2)14(9-12)11-21-18(19)17-10-13-5-3-4-6-16(13)22-17/h3-10H,11H2,1-2H3. The molecule has 0 saturated heterocycles. The Morgan fingerprint density at radius 2 is 1.95 bits per heavy atom. The van der Waals surface area contributed by atoms with Crippen LogP contribution in [0.25, 0.3) is 11.0 Å². The molecule has 0 radical (unpaired) electrons. The number of hydrogen-bond donors (Lipinski definition) is 0. The van der Waals surface area contributed by atoms with E-state index in [1.165, 1.54) is 0 Å². The third kappa shape index (κ3) is 2.81. The van der Waals surface area contributed by atoms with Crippen molar-refractivity contribution in [1.82, 2.24) is 0 Å². The lowest BCUT2D eigenvalue weighted by atomic mass is 10.1. The second kappa shape index (κ2) is 5.93. The summed E-state index contributed by atoms with van der Waals surface area (Å²) in [5, 5.41) is 0.877. The number of para-hydroxylation sites is 1. The van der Waals surface area contributed by atoms with Gasteiger partial charge in [-0.05, 0) is 31.2 Å². The van der Waals surface area contributed by atoms with Crippen LogP contribution in [0.4, 0.5) is 0 Å². The lowest BCUT2D eigenvalue weighted by Crippen LogP contribution is -2.05. The lowest BCUT2D eigenvalue weighted by molar-refractivity contribution is 0.0436. The van der Waals surface area contributed by atoms with E-state index in [4.69, 9.17) is 13.9 Å². The maximum Gasteiger partial charge on any atom is 0.374 e. The number of benzene rings is 2. The van der Waals surface area contributed by atoms with Gasteiger partial charge in [0.2, 0.25) is 5.76 Å². The maximum atomic E-state index is 12.1. The zero-order chi connectivity index (χ0) is 15.5. The van der Waals surface area contributed by atoms with Gasteiger partial charge in [0.25, 0.3) is 0 Å². The Balaban J connectivity index is 1.76. The molecule has 1 heterocycles. The van der Waals surface area contributed by atoms with Gasteiger partial charge in [0.15, 0.2) is 0 Å². The Kier molecular flexibility index (Phi) is 3.83. The molecule has 0 amide bonds. The number of hydrogen-bond acceptors (Lipinski definition) is 4. The number of esters is 1. The summed E-state index contributed by atoms with van der Waals surface area (Å²) in [6.45, 7) is 2.12. The maximum absolute atomic E-state index is 12.1. The smallest absolute Gasteiger partial charge is 0.374 e. The first-order valence-corrected chi connectivity index (χ1v) is 6.96. The molecule has 0 unspecified atom stereocenters.